The van der Waals surface area contributed by atoms with Crippen molar-refractivity contribution in [3.05, 3.63) is 63.1 Å². The van der Waals surface area contributed by atoms with Crippen LogP contribution in [0.3, 0.4) is 0 Å². The summed E-state index contributed by atoms with van der Waals surface area (Å²) in [6.45, 7) is 1.98. The molecule has 2 aromatic rings. The summed E-state index contributed by atoms with van der Waals surface area (Å²) >= 11 is 10.6. The molecule has 5 nitrogen and oxygen atoms in total. The van der Waals surface area contributed by atoms with E-state index in [-0.39, 0.29) is 29.9 Å². The largest absolute Gasteiger partial charge is 0.324 e. The van der Waals surface area contributed by atoms with Crippen molar-refractivity contribution in [1.82, 2.24) is 0 Å². The van der Waals surface area contributed by atoms with E-state index in [9.17, 15) is 14.9 Å². The van der Waals surface area contributed by atoms with Crippen molar-refractivity contribution in [1.29, 1.82) is 5.26 Å². The maximum absolute atomic E-state index is 12.3. The number of nitrogens with zero attached hydrogens (tertiary/aromatic N) is 2. The van der Waals surface area contributed by atoms with Gasteiger partial charge in [0.1, 0.15) is 5.92 Å². The van der Waals surface area contributed by atoms with Gasteiger partial charge >= 0.3 is 0 Å². The molecule has 0 radical (unpaired) electrons. The number of nitrogens with one attached hydrogen (secondary N) is 1. The topological polar surface area (TPSA) is 82.3 Å². The number of thioether (sulfide) groups is 1. The zero-order chi connectivity index (χ0) is 21.0. The minimum absolute atomic E-state index is 0.0251. The van der Waals surface area contributed by atoms with Crippen LogP contribution in [0.1, 0.15) is 23.5 Å². The first-order chi connectivity index (χ1) is 13.9. The van der Waals surface area contributed by atoms with Gasteiger partial charge in [0, 0.05) is 16.8 Å². The molecule has 0 spiro atoms. The third-order valence-corrected chi connectivity index (χ3v) is 6.35. The first kappa shape index (κ1) is 21.6. The zero-order valence-electron chi connectivity index (χ0n) is 15.5. The van der Waals surface area contributed by atoms with Crippen LogP contribution in [0.25, 0.3) is 0 Å². The molecule has 0 saturated carbocycles. The molecule has 0 fully saturated rings. The van der Waals surface area contributed by atoms with Gasteiger partial charge in [0.25, 0.3) is 0 Å². The second-order valence-electron chi connectivity index (χ2n) is 6.63. The quantitative estimate of drug-likeness (QED) is 0.627. The molecule has 1 aliphatic rings. The van der Waals surface area contributed by atoms with Crippen LogP contribution in [0.5, 0.6) is 0 Å². The van der Waals surface area contributed by atoms with Crippen LogP contribution < -0.4 is 5.32 Å². The van der Waals surface area contributed by atoms with E-state index in [0.29, 0.717) is 15.8 Å². The molecule has 0 bridgehead atoms. The molecule has 2 amide bonds. The number of anilines is 1. The summed E-state index contributed by atoms with van der Waals surface area (Å²) in [5, 5.41) is 13.2. The van der Waals surface area contributed by atoms with Crippen LogP contribution in [0, 0.1) is 24.2 Å². The Labute approximate surface area is 186 Å². The number of benzene rings is 2. The second-order valence-corrected chi connectivity index (χ2v) is 8.95. The summed E-state index contributed by atoms with van der Waals surface area (Å²) in [6.07, 6.45) is 0.187. The highest BCUT2D eigenvalue weighted by Crippen LogP contribution is 2.36. The molecule has 1 N–H and O–H groups in total. The molecule has 2 atom stereocenters. The van der Waals surface area contributed by atoms with Crippen LogP contribution in [0.4, 0.5) is 5.69 Å². The third-order valence-electron chi connectivity index (χ3n) is 4.50. The van der Waals surface area contributed by atoms with Crippen molar-refractivity contribution < 1.29 is 9.59 Å². The van der Waals surface area contributed by atoms with Gasteiger partial charge in [-0.3, -0.25) is 9.59 Å². The predicted octanol–water partition coefficient (Wildman–Crippen LogP) is 5.34. The highest BCUT2D eigenvalue weighted by Gasteiger charge is 2.34. The van der Waals surface area contributed by atoms with Gasteiger partial charge in [-0.05, 0) is 30.7 Å². The summed E-state index contributed by atoms with van der Waals surface area (Å²) in [5.41, 5.74) is 2.53. The van der Waals surface area contributed by atoms with Gasteiger partial charge in [0.2, 0.25) is 11.8 Å². The molecule has 2 aromatic carbocycles. The minimum Gasteiger partial charge on any atom is -0.324 e. The maximum Gasteiger partial charge on any atom is 0.247 e. The molecule has 8 heteroatoms. The normalized spacial score (nSPS) is 18.7. The lowest BCUT2D eigenvalue weighted by atomic mass is 9.83. The van der Waals surface area contributed by atoms with E-state index in [1.807, 2.05) is 31.2 Å². The summed E-state index contributed by atoms with van der Waals surface area (Å²) in [5.74, 6) is -1.37. The number of rotatable bonds is 4. The second kappa shape index (κ2) is 9.57. The van der Waals surface area contributed by atoms with Gasteiger partial charge in [-0.25, -0.2) is 4.99 Å². The fourth-order valence-corrected chi connectivity index (χ4v) is 4.66. The summed E-state index contributed by atoms with van der Waals surface area (Å²) in [6, 6.07) is 15.2. The maximum atomic E-state index is 12.3. The van der Waals surface area contributed by atoms with Crippen molar-refractivity contribution in [2.75, 3.05) is 11.1 Å². The van der Waals surface area contributed by atoms with Gasteiger partial charge in [0.05, 0.1) is 27.6 Å². The average Bonchev–Trinajstić information content (AvgIpc) is 2.68. The Morgan fingerprint density at radius 2 is 2.07 bits per heavy atom. The third kappa shape index (κ3) is 5.47. The Balaban J connectivity index is 1.70. The van der Waals surface area contributed by atoms with Crippen LogP contribution >= 0.6 is 39.3 Å². The number of hydrogen-bond donors (Lipinski definition) is 1. The van der Waals surface area contributed by atoms with Crippen molar-refractivity contribution in [3.63, 3.8) is 0 Å². The molecule has 29 heavy (non-hydrogen) atoms. The smallest absolute Gasteiger partial charge is 0.247 e. The van der Waals surface area contributed by atoms with Crippen molar-refractivity contribution in [2.24, 2.45) is 10.9 Å². The lowest BCUT2D eigenvalue weighted by Gasteiger charge is -2.26. The number of hydrogen-bond acceptors (Lipinski definition) is 4. The molecule has 0 saturated heterocycles. The first-order valence-electron chi connectivity index (χ1n) is 8.82. The average molecular weight is 491 g/mol. The number of halogens is 2. The number of carbonyl (C=O) groups excluding carboxylic acids is 2. The number of carbonyl (C=O) groups is 2. The van der Waals surface area contributed by atoms with Gasteiger partial charge in [-0.15, -0.1) is 0 Å². The highest BCUT2D eigenvalue weighted by molar-refractivity contribution is 9.10. The van der Waals surface area contributed by atoms with Crippen LogP contribution in [0.2, 0.25) is 5.02 Å². The highest BCUT2D eigenvalue weighted by atomic mass is 79.9. The molecule has 1 heterocycles. The van der Waals surface area contributed by atoms with E-state index in [1.165, 1.54) is 0 Å². The van der Waals surface area contributed by atoms with Gasteiger partial charge in [-0.1, -0.05) is 69.1 Å². The molecule has 148 valence electrons. The van der Waals surface area contributed by atoms with Crippen molar-refractivity contribution >= 4 is 61.8 Å². The molecular formula is C21H17BrClN3O2S. The molecule has 3 rings (SSSR count). The van der Waals surface area contributed by atoms with Crippen molar-refractivity contribution in [3.8, 4) is 6.07 Å². The van der Waals surface area contributed by atoms with Crippen LogP contribution in [0.15, 0.2) is 51.9 Å². The van der Waals surface area contributed by atoms with Gasteiger partial charge in [-0.2, -0.15) is 5.26 Å². The Morgan fingerprint density at radius 1 is 1.34 bits per heavy atom. The molecule has 0 aliphatic carbocycles. The lowest BCUT2D eigenvalue weighted by molar-refractivity contribution is -0.118. The van der Waals surface area contributed by atoms with E-state index < -0.39 is 5.92 Å². The van der Waals surface area contributed by atoms with E-state index in [0.717, 1.165) is 27.4 Å². The first-order valence-corrected chi connectivity index (χ1v) is 11.0. The molecular weight excluding hydrogens is 474 g/mol. The molecule has 0 unspecified atom stereocenters. The van der Waals surface area contributed by atoms with Crippen molar-refractivity contribution in [2.45, 2.75) is 19.3 Å². The van der Waals surface area contributed by atoms with Crippen LogP contribution in [-0.4, -0.2) is 22.6 Å². The number of aliphatic imine (C=N–C) groups is 1. The monoisotopic (exact) mass is 489 g/mol. The Morgan fingerprint density at radius 3 is 2.72 bits per heavy atom. The predicted molar refractivity (Wildman–Crippen MR) is 120 cm³/mol. The SMILES string of the molecule is Cc1ccc([C@H]2CC(=O)N=C(SCC(=O)Nc3ccc(Br)cc3Cl)[C@@H]2C#N)cc1. The molecule has 1 aliphatic heterocycles. The minimum atomic E-state index is -0.565. The van der Waals surface area contributed by atoms with E-state index in [2.05, 4.69) is 32.3 Å². The summed E-state index contributed by atoms with van der Waals surface area (Å²) in [4.78, 5) is 28.5. The Hall–Kier alpha value is -2.14. The van der Waals surface area contributed by atoms with Gasteiger partial charge in [0.15, 0.2) is 0 Å². The standard InChI is InChI=1S/C21H17BrClN3O2S/c1-12-2-4-13(5-3-12)15-9-19(27)26-21(16(15)10-24)29-11-20(28)25-18-7-6-14(22)8-17(18)23/h2-8,15-16H,9,11H2,1H3,(H,25,28)/t15-,16-/m1/s1. The van der Waals surface area contributed by atoms with E-state index in [4.69, 9.17) is 11.6 Å². The Bertz CT molecular complexity index is 1020. The molecule has 0 aromatic heterocycles. The number of aryl methyl sites for hydroxylation is 1. The fraction of sp³-hybridized carbons (Fsp3) is 0.238. The van der Waals surface area contributed by atoms with Crippen LogP contribution in [-0.2, 0) is 9.59 Å². The lowest BCUT2D eigenvalue weighted by Crippen LogP contribution is -2.28. The fourth-order valence-electron chi connectivity index (χ4n) is 3.02. The number of nitriles is 1. The van der Waals surface area contributed by atoms with Gasteiger partial charge < -0.3 is 5.32 Å². The van der Waals surface area contributed by atoms with E-state index >= 15 is 0 Å². The number of amides is 2. The summed E-state index contributed by atoms with van der Waals surface area (Å²) < 4.78 is 0.809. The zero-order valence-corrected chi connectivity index (χ0v) is 18.6. The Kier molecular flexibility index (Phi) is 7.12. The summed E-state index contributed by atoms with van der Waals surface area (Å²) in [7, 11) is 0. The van der Waals surface area contributed by atoms with E-state index in [1.54, 1.807) is 18.2 Å².